The Kier molecular flexibility index (Phi) is 4.40. The van der Waals surface area contributed by atoms with Crippen LogP contribution in [0.4, 0.5) is 13.2 Å². The summed E-state index contributed by atoms with van der Waals surface area (Å²) in [5.74, 6) is -0.388. The Morgan fingerprint density at radius 3 is 2.47 bits per heavy atom. The van der Waals surface area contributed by atoms with Crippen LogP contribution in [-0.2, 0) is 11.0 Å². The van der Waals surface area contributed by atoms with Crippen LogP contribution in [0, 0.1) is 0 Å². The zero-order valence-corrected chi connectivity index (χ0v) is 9.68. The van der Waals surface area contributed by atoms with Crippen molar-refractivity contribution in [1.29, 1.82) is 0 Å². The van der Waals surface area contributed by atoms with Crippen LogP contribution in [0.1, 0.15) is 18.9 Å². The lowest BCUT2D eigenvalue weighted by Crippen LogP contribution is -2.23. The lowest BCUT2D eigenvalue weighted by Gasteiger charge is -2.17. The second-order valence-corrected chi connectivity index (χ2v) is 3.69. The Labute approximate surface area is 101 Å². The molecule has 0 amide bonds. The van der Waals surface area contributed by atoms with E-state index in [1.165, 1.54) is 12.1 Å². The lowest BCUT2D eigenvalue weighted by atomic mass is 10.2. The monoisotopic (exact) mass is 266 g/mol. The standard InChI is InChI=1S/C11H10ClF3O2/c1-2-8(10(12)16)17-9-6-4-3-5-7(9)11(13,14)15/h3-6,8H,2H2,1H3. The highest BCUT2D eigenvalue weighted by Gasteiger charge is 2.34. The number of ether oxygens (including phenoxy) is 1. The van der Waals surface area contributed by atoms with Gasteiger partial charge in [-0.3, -0.25) is 4.79 Å². The van der Waals surface area contributed by atoms with Crippen molar-refractivity contribution in [3.63, 3.8) is 0 Å². The molecule has 0 saturated carbocycles. The van der Waals surface area contributed by atoms with E-state index in [1.54, 1.807) is 6.92 Å². The number of carbonyl (C=O) groups is 1. The van der Waals surface area contributed by atoms with Crippen molar-refractivity contribution >= 4 is 16.8 Å². The van der Waals surface area contributed by atoms with E-state index in [9.17, 15) is 18.0 Å². The molecule has 1 unspecified atom stereocenters. The van der Waals surface area contributed by atoms with Gasteiger partial charge in [0.25, 0.3) is 5.24 Å². The molecule has 1 aromatic carbocycles. The number of halogens is 4. The Balaban J connectivity index is 3.02. The van der Waals surface area contributed by atoms with Gasteiger partial charge in [0.2, 0.25) is 0 Å². The van der Waals surface area contributed by atoms with Gasteiger partial charge < -0.3 is 4.74 Å². The van der Waals surface area contributed by atoms with Crippen LogP contribution >= 0.6 is 11.6 Å². The van der Waals surface area contributed by atoms with Gasteiger partial charge in [-0.2, -0.15) is 13.2 Å². The molecule has 0 spiro atoms. The van der Waals surface area contributed by atoms with Crippen molar-refractivity contribution in [1.82, 2.24) is 0 Å². The zero-order valence-electron chi connectivity index (χ0n) is 8.92. The SMILES string of the molecule is CCC(Oc1ccccc1C(F)(F)F)C(=O)Cl. The van der Waals surface area contributed by atoms with E-state index in [0.29, 0.717) is 0 Å². The van der Waals surface area contributed by atoms with Gasteiger partial charge in [0.05, 0.1) is 5.56 Å². The first kappa shape index (κ1) is 13.8. The molecule has 0 fully saturated rings. The third-order valence-corrected chi connectivity index (χ3v) is 2.33. The fourth-order valence-electron chi connectivity index (χ4n) is 1.25. The van der Waals surface area contributed by atoms with Gasteiger partial charge in [0, 0.05) is 0 Å². The maximum atomic E-state index is 12.6. The molecule has 0 aliphatic carbocycles. The summed E-state index contributed by atoms with van der Waals surface area (Å²) in [4.78, 5) is 10.9. The van der Waals surface area contributed by atoms with E-state index in [1.807, 2.05) is 0 Å². The summed E-state index contributed by atoms with van der Waals surface area (Å²) in [5, 5.41) is -0.815. The van der Waals surface area contributed by atoms with Crippen molar-refractivity contribution in [3.8, 4) is 5.75 Å². The highest BCUT2D eigenvalue weighted by Crippen LogP contribution is 2.36. The highest BCUT2D eigenvalue weighted by atomic mass is 35.5. The van der Waals surface area contributed by atoms with Gasteiger partial charge in [-0.15, -0.1) is 0 Å². The summed E-state index contributed by atoms with van der Waals surface area (Å²) in [6.45, 7) is 1.60. The van der Waals surface area contributed by atoms with Crippen LogP contribution in [0.15, 0.2) is 24.3 Å². The molecule has 94 valence electrons. The molecule has 0 N–H and O–H groups in total. The van der Waals surface area contributed by atoms with Crippen LogP contribution in [0.5, 0.6) is 5.75 Å². The van der Waals surface area contributed by atoms with Crippen LogP contribution in [-0.4, -0.2) is 11.3 Å². The summed E-state index contributed by atoms with van der Waals surface area (Å²) in [7, 11) is 0. The predicted octanol–water partition coefficient (Wildman–Crippen LogP) is 3.63. The summed E-state index contributed by atoms with van der Waals surface area (Å²) < 4.78 is 42.8. The first-order valence-corrected chi connectivity index (χ1v) is 5.26. The fraction of sp³-hybridized carbons (Fsp3) is 0.364. The molecule has 0 aliphatic heterocycles. The fourth-order valence-corrected chi connectivity index (χ4v) is 1.45. The summed E-state index contributed by atoms with van der Waals surface area (Å²) >= 11 is 5.22. The van der Waals surface area contributed by atoms with Crippen LogP contribution < -0.4 is 4.74 Å². The van der Waals surface area contributed by atoms with Gasteiger partial charge in [-0.05, 0) is 30.2 Å². The number of hydrogen-bond donors (Lipinski definition) is 0. The molecule has 0 heterocycles. The van der Waals surface area contributed by atoms with E-state index >= 15 is 0 Å². The first-order valence-electron chi connectivity index (χ1n) is 4.88. The Bertz CT molecular complexity index is 404. The molecule has 0 aromatic heterocycles. The van der Waals surface area contributed by atoms with Crippen molar-refractivity contribution in [2.24, 2.45) is 0 Å². The molecular formula is C11H10ClF3O2. The van der Waals surface area contributed by atoms with Crippen LogP contribution in [0.3, 0.4) is 0 Å². The number of carbonyl (C=O) groups excluding carboxylic acids is 1. The molecule has 2 nitrogen and oxygen atoms in total. The zero-order chi connectivity index (χ0) is 13.1. The molecular weight excluding hydrogens is 257 g/mol. The average Bonchev–Trinajstić information content (AvgIpc) is 2.24. The van der Waals surface area contributed by atoms with Crippen LogP contribution in [0.2, 0.25) is 0 Å². The van der Waals surface area contributed by atoms with Gasteiger partial charge in [-0.1, -0.05) is 19.1 Å². The number of para-hydroxylation sites is 1. The molecule has 1 atom stereocenters. The summed E-state index contributed by atoms with van der Waals surface area (Å²) in [6, 6.07) is 4.70. The van der Waals surface area contributed by atoms with E-state index in [0.717, 1.165) is 12.1 Å². The minimum Gasteiger partial charge on any atom is -0.481 e. The molecule has 17 heavy (non-hydrogen) atoms. The maximum Gasteiger partial charge on any atom is 0.419 e. The van der Waals surface area contributed by atoms with Gasteiger partial charge >= 0.3 is 6.18 Å². The molecule has 0 radical (unpaired) electrons. The minimum absolute atomic E-state index is 0.203. The summed E-state index contributed by atoms with van der Waals surface area (Å²) in [6.07, 6.45) is -5.39. The molecule has 0 aliphatic rings. The summed E-state index contributed by atoms with van der Waals surface area (Å²) in [5.41, 5.74) is -0.920. The maximum absolute atomic E-state index is 12.6. The molecule has 1 rings (SSSR count). The van der Waals surface area contributed by atoms with Gasteiger partial charge in [0.15, 0.2) is 6.10 Å². The van der Waals surface area contributed by atoms with E-state index in [4.69, 9.17) is 16.3 Å². The van der Waals surface area contributed by atoms with Gasteiger partial charge in [0.1, 0.15) is 5.75 Å². The highest BCUT2D eigenvalue weighted by molar-refractivity contribution is 6.64. The van der Waals surface area contributed by atoms with E-state index < -0.39 is 23.1 Å². The normalized spacial score (nSPS) is 13.2. The van der Waals surface area contributed by atoms with Crippen molar-refractivity contribution in [2.75, 3.05) is 0 Å². The predicted molar refractivity (Wildman–Crippen MR) is 57.0 cm³/mol. The molecule has 0 saturated heterocycles. The second-order valence-electron chi connectivity index (χ2n) is 3.31. The van der Waals surface area contributed by atoms with Gasteiger partial charge in [-0.25, -0.2) is 0 Å². The molecule has 1 aromatic rings. The largest absolute Gasteiger partial charge is 0.481 e. The number of alkyl halides is 3. The third-order valence-electron chi connectivity index (χ3n) is 2.09. The Hall–Kier alpha value is -1.23. The van der Waals surface area contributed by atoms with Crippen molar-refractivity contribution < 1.29 is 22.7 Å². The Morgan fingerprint density at radius 2 is 2.00 bits per heavy atom. The third kappa shape index (κ3) is 3.63. The molecule has 0 bridgehead atoms. The Morgan fingerprint density at radius 1 is 1.41 bits per heavy atom. The minimum atomic E-state index is -4.52. The lowest BCUT2D eigenvalue weighted by molar-refractivity contribution is -0.140. The first-order chi connectivity index (χ1) is 7.86. The number of hydrogen-bond acceptors (Lipinski definition) is 2. The molecule has 6 heteroatoms. The quantitative estimate of drug-likeness (QED) is 0.778. The van der Waals surface area contributed by atoms with E-state index in [2.05, 4.69) is 0 Å². The number of rotatable bonds is 4. The van der Waals surface area contributed by atoms with E-state index in [-0.39, 0.29) is 12.2 Å². The van der Waals surface area contributed by atoms with Crippen molar-refractivity contribution in [3.05, 3.63) is 29.8 Å². The number of benzene rings is 1. The van der Waals surface area contributed by atoms with Crippen LogP contribution in [0.25, 0.3) is 0 Å². The second kappa shape index (κ2) is 5.40. The average molecular weight is 267 g/mol. The van der Waals surface area contributed by atoms with Crippen molar-refractivity contribution in [2.45, 2.75) is 25.6 Å². The smallest absolute Gasteiger partial charge is 0.419 e. The topological polar surface area (TPSA) is 26.3 Å².